The summed E-state index contributed by atoms with van der Waals surface area (Å²) in [5, 5.41) is 3.11. The van der Waals surface area contributed by atoms with Gasteiger partial charge >= 0.3 is 10.2 Å². The topological polar surface area (TPSA) is 74.3 Å². The molecule has 1 fully saturated rings. The van der Waals surface area contributed by atoms with Gasteiger partial charge in [0, 0.05) is 36.8 Å². The summed E-state index contributed by atoms with van der Waals surface area (Å²) in [5.41, 5.74) is 0.781. The largest absolute Gasteiger partial charge is 0.314 e. The zero-order valence-corrected chi connectivity index (χ0v) is 12.4. The van der Waals surface area contributed by atoms with E-state index in [0.717, 1.165) is 10.0 Å². The Kier molecular flexibility index (Phi) is 4.21. The van der Waals surface area contributed by atoms with Crippen LogP contribution in [0, 0.1) is 6.92 Å². The number of aryl methyl sites for hydroxylation is 1. The first-order valence-electron chi connectivity index (χ1n) is 5.60. The third-order valence-corrected chi connectivity index (χ3v) is 4.62. The first-order chi connectivity index (χ1) is 8.49. The van der Waals surface area contributed by atoms with Crippen molar-refractivity contribution in [2.24, 2.45) is 0 Å². The van der Waals surface area contributed by atoms with Crippen LogP contribution in [0.1, 0.15) is 5.56 Å². The predicted molar refractivity (Wildman–Crippen MR) is 73.7 cm³/mol. The van der Waals surface area contributed by atoms with Crippen LogP contribution < -0.4 is 10.0 Å². The van der Waals surface area contributed by atoms with E-state index in [9.17, 15) is 8.42 Å². The standard InChI is InChI=1S/C10H15BrN4O2S/c1-8-6-9(11)7-13-10(8)14-18(16,17)15-4-2-12-3-5-15/h6-7,12H,2-5H2,1H3,(H,13,14). The van der Waals surface area contributed by atoms with E-state index in [1.54, 1.807) is 6.20 Å². The van der Waals surface area contributed by atoms with Gasteiger partial charge in [-0.25, -0.2) is 4.98 Å². The van der Waals surface area contributed by atoms with Gasteiger partial charge in [-0.1, -0.05) is 0 Å². The molecule has 0 amide bonds. The third kappa shape index (κ3) is 3.19. The van der Waals surface area contributed by atoms with Gasteiger partial charge in [-0.3, -0.25) is 4.72 Å². The molecule has 0 radical (unpaired) electrons. The summed E-state index contributed by atoms with van der Waals surface area (Å²) in [7, 11) is -3.51. The highest BCUT2D eigenvalue weighted by molar-refractivity contribution is 9.10. The molecular weight excluding hydrogens is 320 g/mol. The molecule has 1 aromatic rings. The molecule has 2 heterocycles. The van der Waals surface area contributed by atoms with Crippen molar-refractivity contribution in [1.82, 2.24) is 14.6 Å². The Labute approximate surface area is 115 Å². The van der Waals surface area contributed by atoms with E-state index in [0.29, 0.717) is 32.0 Å². The maximum atomic E-state index is 12.1. The van der Waals surface area contributed by atoms with Crippen LogP contribution in [0.3, 0.4) is 0 Å². The number of anilines is 1. The highest BCUT2D eigenvalue weighted by Gasteiger charge is 2.24. The van der Waals surface area contributed by atoms with Crippen LogP contribution in [0.2, 0.25) is 0 Å². The fourth-order valence-electron chi connectivity index (χ4n) is 1.72. The normalized spacial score (nSPS) is 17.7. The highest BCUT2D eigenvalue weighted by Crippen LogP contribution is 2.18. The van der Waals surface area contributed by atoms with Crippen LogP contribution in [0.4, 0.5) is 5.82 Å². The van der Waals surface area contributed by atoms with E-state index in [4.69, 9.17) is 0 Å². The fraction of sp³-hybridized carbons (Fsp3) is 0.500. The SMILES string of the molecule is Cc1cc(Br)cnc1NS(=O)(=O)N1CCNCC1. The lowest BCUT2D eigenvalue weighted by atomic mass is 10.3. The molecule has 2 N–H and O–H groups in total. The number of nitrogens with zero attached hydrogens (tertiary/aromatic N) is 2. The van der Waals surface area contributed by atoms with Crippen molar-refractivity contribution >= 4 is 32.0 Å². The zero-order chi connectivity index (χ0) is 13.2. The average Bonchev–Trinajstić information content (AvgIpc) is 2.34. The lowest BCUT2D eigenvalue weighted by Gasteiger charge is -2.26. The van der Waals surface area contributed by atoms with Crippen molar-refractivity contribution in [2.45, 2.75) is 6.92 Å². The van der Waals surface area contributed by atoms with E-state index >= 15 is 0 Å². The molecule has 0 saturated carbocycles. The summed E-state index contributed by atoms with van der Waals surface area (Å²) in [5.74, 6) is 0.372. The molecule has 8 heteroatoms. The first kappa shape index (κ1) is 13.7. The lowest BCUT2D eigenvalue weighted by Crippen LogP contribution is -2.48. The summed E-state index contributed by atoms with van der Waals surface area (Å²) in [6, 6.07) is 1.82. The number of piperazine rings is 1. The second-order valence-electron chi connectivity index (χ2n) is 4.08. The smallest absolute Gasteiger partial charge is 0.302 e. The number of rotatable bonds is 3. The van der Waals surface area contributed by atoms with Crippen molar-refractivity contribution in [3.8, 4) is 0 Å². The molecule has 1 aliphatic rings. The van der Waals surface area contributed by atoms with E-state index in [-0.39, 0.29) is 0 Å². The summed E-state index contributed by atoms with van der Waals surface area (Å²) < 4.78 is 29.0. The molecule has 0 aliphatic carbocycles. The number of hydrogen-bond acceptors (Lipinski definition) is 4. The molecule has 100 valence electrons. The Morgan fingerprint density at radius 2 is 2.11 bits per heavy atom. The molecule has 1 aliphatic heterocycles. The van der Waals surface area contributed by atoms with Crippen molar-refractivity contribution < 1.29 is 8.42 Å². The minimum Gasteiger partial charge on any atom is -0.314 e. The molecule has 6 nitrogen and oxygen atoms in total. The van der Waals surface area contributed by atoms with Crippen molar-refractivity contribution in [2.75, 3.05) is 30.9 Å². The van der Waals surface area contributed by atoms with Gasteiger partial charge in [0.25, 0.3) is 0 Å². The molecule has 0 spiro atoms. The van der Waals surface area contributed by atoms with E-state index < -0.39 is 10.2 Å². The molecule has 18 heavy (non-hydrogen) atoms. The van der Waals surface area contributed by atoms with Gasteiger partial charge in [-0.15, -0.1) is 0 Å². The van der Waals surface area contributed by atoms with E-state index in [2.05, 4.69) is 31.0 Å². The number of aromatic nitrogens is 1. The first-order valence-corrected chi connectivity index (χ1v) is 7.83. The number of nitrogens with one attached hydrogen (secondary N) is 2. The fourth-order valence-corrected chi connectivity index (χ4v) is 3.41. The molecule has 1 saturated heterocycles. The van der Waals surface area contributed by atoms with Crippen molar-refractivity contribution in [1.29, 1.82) is 0 Å². The quantitative estimate of drug-likeness (QED) is 0.853. The average molecular weight is 335 g/mol. The number of pyridine rings is 1. The van der Waals surface area contributed by atoms with Gasteiger partial charge in [-0.05, 0) is 34.5 Å². The molecule has 0 atom stereocenters. The van der Waals surface area contributed by atoms with Crippen LogP contribution in [-0.2, 0) is 10.2 Å². The van der Waals surface area contributed by atoms with E-state index in [1.807, 2.05) is 13.0 Å². The van der Waals surface area contributed by atoms with Crippen LogP contribution in [0.25, 0.3) is 0 Å². The maximum Gasteiger partial charge on any atom is 0.302 e. The Morgan fingerprint density at radius 3 is 2.72 bits per heavy atom. The molecular formula is C10H15BrN4O2S. The second-order valence-corrected chi connectivity index (χ2v) is 6.66. The van der Waals surface area contributed by atoms with Gasteiger partial charge in [0.05, 0.1) is 0 Å². The van der Waals surface area contributed by atoms with Crippen LogP contribution in [0.15, 0.2) is 16.7 Å². The highest BCUT2D eigenvalue weighted by atomic mass is 79.9. The Bertz CT molecular complexity index is 529. The number of halogens is 1. The lowest BCUT2D eigenvalue weighted by molar-refractivity contribution is 0.362. The van der Waals surface area contributed by atoms with Gasteiger partial charge in [-0.2, -0.15) is 12.7 Å². The molecule has 0 aromatic carbocycles. The van der Waals surface area contributed by atoms with Crippen molar-refractivity contribution in [3.05, 3.63) is 22.3 Å². The molecule has 0 unspecified atom stereocenters. The van der Waals surface area contributed by atoms with Crippen LogP contribution in [-0.4, -0.2) is 43.9 Å². The van der Waals surface area contributed by atoms with Crippen LogP contribution in [0.5, 0.6) is 0 Å². The summed E-state index contributed by atoms with van der Waals surface area (Å²) >= 11 is 3.29. The molecule has 1 aromatic heterocycles. The monoisotopic (exact) mass is 334 g/mol. The number of hydrogen-bond donors (Lipinski definition) is 2. The molecule has 0 bridgehead atoms. The van der Waals surface area contributed by atoms with Gasteiger partial charge in [0.15, 0.2) is 0 Å². The zero-order valence-electron chi connectivity index (χ0n) is 9.98. The molecule has 2 rings (SSSR count). The van der Waals surface area contributed by atoms with Gasteiger partial charge < -0.3 is 5.32 Å². The Hall–Kier alpha value is -0.700. The van der Waals surface area contributed by atoms with Gasteiger partial charge in [0.2, 0.25) is 0 Å². The van der Waals surface area contributed by atoms with Gasteiger partial charge in [0.1, 0.15) is 5.82 Å². The van der Waals surface area contributed by atoms with Crippen molar-refractivity contribution in [3.63, 3.8) is 0 Å². The summed E-state index contributed by atoms with van der Waals surface area (Å²) in [4.78, 5) is 4.08. The van der Waals surface area contributed by atoms with E-state index in [1.165, 1.54) is 4.31 Å². The minimum atomic E-state index is -3.51. The third-order valence-electron chi connectivity index (χ3n) is 2.69. The minimum absolute atomic E-state index is 0.372. The Balaban J connectivity index is 2.16. The maximum absolute atomic E-state index is 12.1. The summed E-state index contributed by atoms with van der Waals surface area (Å²) in [6.45, 7) is 4.12. The predicted octanol–water partition coefficient (Wildman–Crippen LogP) is 0.714. The Morgan fingerprint density at radius 1 is 1.44 bits per heavy atom. The second kappa shape index (κ2) is 5.52. The summed E-state index contributed by atoms with van der Waals surface area (Å²) in [6.07, 6.45) is 1.57. The van der Waals surface area contributed by atoms with Crippen LogP contribution >= 0.6 is 15.9 Å².